The van der Waals surface area contributed by atoms with E-state index in [4.69, 9.17) is 10.5 Å². The van der Waals surface area contributed by atoms with Gasteiger partial charge in [0.1, 0.15) is 9.84 Å². The molecule has 0 bridgehead atoms. The third kappa shape index (κ3) is 3.87. The second-order valence-electron chi connectivity index (χ2n) is 5.06. The number of nitrogens with two attached hydrogens (primary N) is 1. The summed E-state index contributed by atoms with van der Waals surface area (Å²) >= 11 is 0. The number of esters is 1. The van der Waals surface area contributed by atoms with E-state index in [0.717, 1.165) is 0 Å². The number of nitrogens with one attached hydrogen (secondary N) is 1. The molecule has 7 heteroatoms. The molecule has 0 aromatic heterocycles. The molecule has 0 unspecified atom stereocenters. The monoisotopic (exact) mass is 312 g/mol. The predicted octanol–water partition coefficient (Wildman–Crippen LogP) is 1.43. The molecule has 21 heavy (non-hydrogen) atoms. The number of hydrogen-bond acceptors (Lipinski definition) is 6. The van der Waals surface area contributed by atoms with Crippen LogP contribution in [0, 0.1) is 0 Å². The van der Waals surface area contributed by atoms with Crippen LogP contribution in [-0.4, -0.2) is 38.5 Å². The van der Waals surface area contributed by atoms with Crippen molar-refractivity contribution in [3.63, 3.8) is 0 Å². The number of benzene rings is 1. The van der Waals surface area contributed by atoms with Crippen LogP contribution < -0.4 is 11.1 Å². The van der Waals surface area contributed by atoms with Gasteiger partial charge in [0.05, 0.1) is 35.1 Å². The Bertz CT molecular complexity index is 614. The van der Waals surface area contributed by atoms with E-state index in [1.807, 2.05) is 0 Å². The van der Waals surface area contributed by atoms with Gasteiger partial charge < -0.3 is 15.8 Å². The molecule has 2 rings (SSSR count). The summed E-state index contributed by atoms with van der Waals surface area (Å²) in [6.07, 6.45) is 1.03. The van der Waals surface area contributed by atoms with Crippen LogP contribution in [0.15, 0.2) is 18.2 Å². The van der Waals surface area contributed by atoms with E-state index in [9.17, 15) is 13.2 Å². The van der Waals surface area contributed by atoms with Gasteiger partial charge in [-0.3, -0.25) is 0 Å². The Labute approximate surface area is 124 Å². The largest absolute Gasteiger partial charge is 0.462 e. The van der Waals surface area contributed by atoms with Crippen molar-refractivity contribution in [2.45, 2.75) is 25.8 Å². The average molecular weight is 312 g/mol. The summed E-state index contributed by atoms with van der Waals surface area (Å²) in [5.41, 5.74) is 7.30. The fourth-order valence-corrected chi connectivity index (χ4v) is 3.84. The molecule has 0 spiro atoms. The topological polar surface area (TPSA) is 98.5 Å². The SMILES string of the molecule is CCOC(=O)c1cccc(N)c1NC1CCS(=O)(=O)CC1. The fourth-order valence-electron chi connectivity index (χ4n) is 2.35. The summed E-state index contributed by atoms with van der Waals surface area (Å²) < 4.78 is 27.9. The number of para-hydroxylation sites is 1. The molecular formula is C14H20N2O4S. The van der Waals surface area contributed by atoms with Crippen LogP contribution in [0.2, 0.25) is 0 Å². The molecule has 6 nitrogen and oxygen atoms in total. The zero-order valence-corrected chi connectivity index (χ0v) is 12.8. The van der Waals surface area contributed by atoms with E-state index in [2.05, 4.69) is 5.32 Å². The van der Waals surface area contributed by atoms with E-state index in [1.165, 1.54) is 0 Å². The zero-order chi connectivity index (χ0) is 15.5. The molecule has 1 saturated heterocycles. The molecule has 3 N–H and O–H groups in total. The highest BCUT2D eigenvalue weighted by atomic mass is 32.2. The normalized spacial score (nSPS) is 18.1. The van der Waals surface area contributed by atoms with Crippen molar-refractivity contribution in [2.75, 3.05) is 29.2 Å². The quantitative estimate of drug-likeness (QED) is 0.645. The molecule has 1 aliphatic rings. The molecule has 0 amide bonds. The Hall–Kier alpha value is -1.76. The molecule has 0 saturated carbocycles. The van der Waals surface area contributed by atoms with Crippen molar-refractivity contribution in [3.8, 4) is 0 Å². The van der Waals surface area contributed by atoms with Gasteiger partial charge in [0, 0.05) is 6.04 Å². The van der Waals surface area contributed by atoms with Gasteiger partial charge >= 0.3 is 5.97 Å². The summed E-state index contributed by atoms with van der Waals surface area (Å²) in [5, 5.41) is 3.20. The van der Waals surface area contributed by atoms with Crippen molar-refractivity contribution < 1.29 is 17.9 Å². The molecule has 0 radical (unpaired) electrons. The molecule has 0 atom stereocenters. The Kier molecular flexibility index (Phi) is 4.72. The van der Waals surface area contributed by atoms with E-state index < -0.39 is 15.8 Å². The minimum atomic E-state index is -2.92. The highest BCUT2D eigenvalue weighted by Gasteiger charge is 2.25. The second kappa shape index (κ2) is 6.34. The minimum Gasteiger partial charge on any atom is -0.462 e. The lowest BCUT2D eigenvalue weighted by molar-refractivity contribution is 0.0527. The number of ether oxygens (including phenoxy) is 1. The van der Waals surface area contributed by atoms with Crippen LogP contribution in [0.5, 0.6) is 0 Å². The lowest BCUT2D eigenvalue weighted by Crippen LogP contribution is -2.32. The van der Waals surface area contributed by atoms with Crippen LogP contribution in [0.25, 0.3) is 0 Å². The highest BCUT2D eigenvalue weighted by Crippen LogP contribution is 2.27. The minimum absolute atomic E-state index is 0.00796. The molecule has 1 heterocycles. The number of hydrogen-bond donors (Lipinski definition) is 2. The van der Waals surface area contributed by atoms with Gasteiger partial charge in [-0.1, -0.05) is 6.07 Å². The van der Waals surface area contributed by atoms with E-state index in [0.29, 0.717) is 29.8 Å². The van der Waals surface area contributed by atoms with E-state index in [1.54, 1.807) is 25.1 Å². The number of rotatable bonds is 4. The summed E-state index contributed by atoms with van der Waals surface area (Å²) in [6.45, 7) is 2.03. The van der Waals surface area contributed by atoms with Gasteiger partial charge in [-0.25, -0.2) is 13.2 Å². The smallest absolute Gasteiger partial charge is 0.340 e. The summed E-state index contributed by atoms with van der Waals surface area (Å²) in [6, 6.07) is 5.03. The molecule has 116 valence electrons. The summed E-state index contributed by atoms with van der Waals surface area (Å²) in [4.78, 5) is 11.9. The van der Waals surface area contributed by atoms with Crippen molar-refractivity contribution in [1.29, 1.82) is 0 Å². The first-order chi connectivity index (χ1) is 9.93. The molecule has 1 aromatic rings. The first-order valence-corrected chi connectivity index (χ1v) is 8.77. The fraction of sp³-hybridized carbons (Fsp3) is 0.500. The maximum atomic E-state index is 11.9. The molecule has 1 aromatic carbocycles. The number of anilines is 2. The Balaban J connectivity index is 2.18. The van der Waals surface area contributed by atoms with Crippen LogP contribution in [0.4, 0.5) is 11.4 Å². The number of sulfone groups is 1. The first-order valence-electron chi connectivity index (χ1n) is 6.95. The third-order valence-electron chi connectivity index (χ3n) is 3.50. The van der Waals surface area contributed by atoms with E-state index in [-0.39, 0.29) is 24.2 Å². The maximum Gasteiger partial charge on any atom is 0.340 e. The second-order valence-corrected chi connectivity index (χ2v) is 7.36. The van der Waals surface area contributed by atoms with Crippen molar-refractivity contribution in [1.82, 2.24) is 0 Å². The van der Waals surface area contributed by atoms with Crippen molar-refractivity contribution in [2.24, 2.45) is 0 Å². The lowest BCUT2D eigenvalue weighted by Gasteiger charge is -2.25. The standard InChI is InChI=1S/C14H20N2O4S/c1-2-20-14(17)11-4-3-5-12(15)13(11)16-10-6-8-21(18,19)9-7-10/h3-5,10,16H,2,6-9,15H2,1H3. The van der Waals surface area contributed by atoms with Crippen molar-refractivity contribution in [3.05, 3.63) is 23.8 Å². The molecule has 0 aliphatic carbocycles. The Morgan fingerprint density at radius 1 is 1.38 bits per heavy atom. The van der Waals surface area contributed by atoms with E-state index >= 15 is 0 Å². The van der Waals surface area contributed by atoms with Crippen LogP contribution in [0.1, 0.15) is 30.1 Å². The summed E-state index contributed by atoms with van der Waals surface area (Å²) in [7, 11) is -2.92. The van der Waals surface area contributed by atoms with Gasteiger partial charge in [-0.2, -0.15) is 0 Å². The average Bonchev–Trinajstić information content (AvgIpc) is 2.43. The van der Waals surface area contributed by atoms with Gasteiger partial charge in [-0.05, 0) is 31.9 Å². The van der Waals surface area contributed by atoms with Gasteiger partial charge in [0.25, 0.3) is 0 Å². The van der Waals surface area contributed by atoms with Crippen molar-refractivity contribution >= 4 is 27.2 Å². The number of carbonyl (C=O) groups is 1. The maximum absolute atomic E-state index is 11.9. The van der Waals surface area contributed by atoms with Gasteiger partial charge in [0.2, 0.25) is 0 Å². The number of nitrogen functional groups attached to an aromatic ring is 1. The third-order valence-corrected chi connectivity index (χ3v) is 5.21. The van der Waals surface area contributed by atoms with Crippen LogP contribution in [-0.2, 0) is 14.6 Å². The van der Waals surface area contributed by atoms with Gasteiger partial charge in [0.15, 0.2) is 0 Å². The van der Waals surface area contributed by atoms with Crippen LogP contribution >= 0.6 is 0 Å². The van der Waals surface area contributed by atoms with Gasteiger partial charge in [-0.15, -0.1) is 0 Å². The zero-order valence-electron chi connectivity index (χ0n) is 12.0. The Morgan fingerprint density at radius 2 is 2.05 bits per heavy atom. The predicted molar refractivity (Wildman–Crippen MR) is 82.1 cm³/mol. The van der Waals surface area contributed by atoms with Crippen LogP contribution in [0.3, 0.4) is 0 Å². The molecule has 1 fully saturated rings. The first kappa shape index (κ1) is 15.6. The molecular weight excluding hydrogens is 292 g/mol. The lowest BCUT2D eigenvalue weighted by atomic mass is 10.1. The molecule has 1 aliphatic heterocycles. The number of carbonyl (C=O) groups excluding carboxylic acids is 1. The summed E-state index contributed by atoms with van der Waals surface area (Å²) in [5.74, 6) is -0.117. The Morgan fingerprint density at radius 3 is 2.67 bits per heavy atom. The highest BCUT2D eigenvalue weighted by molar-refractivity contribution is 7.91.